The molecule has 0 amide bonds. The van der Waals surface area contributed by atoms with E-state index in [1.165, 1.54) is 0 Å². The first-order chi connectivity index (χ1) is 7.17. The maximum atomic E-state index is 5.60. The van der Waals surface area contributed by atoms with Crippen LogP contribution >= 0.6 is 36.2 Å². The number of aromatic nitrogens is 1. The van der Waals surface area contributed by atoms with E-state index in [0.29, 0.717) is 19.2 Å². The first-order valence-electron chi connectivity index (χ1n) is 5.00. The first kappa shape index (κ1) is 19.4. The Hall–Kier alpha value is 0.0900. The van der Waals surface area contributed by atoms with Crippen molar-refractivity contribution in [2.75, 3.05) is 20.7 Å². The average Bonchev–Trinajstić information content (AvgIpc) is 2.65. The van der Waals surface area contributed by atoms with E-state index in [4.69, 9.17) is 10.5 Å². The fourth-order valence-electron chi connectivity index (χ4n) is 1.20. The van der Waals surface area contributed by atoms with E-state index in [0.717, 1.165) is 17.2 Å². The van der Waals surface area contributed by atoms with Crippen molar-refractivity contribution in [3.63, 3.8) is 0 Å². The fraction of sp³-hybridized carbons (Fsp3) is 0.700. The van der Waals surface area contributed by atoms with E-state index in [2.05, 4.69) is 29.2 Å². The van der Waals surface area contributed by atoms with Crippen molar-refractivity contribution < 1.29 is 4.74 Å². The number of rotatable bonds is 6. The minimum atomic E-state index is 0. The minimum Gasteiger partial charge on any atom is -0.378 e. The Morgan fingerprint density at radius 3 is 2.71 bits per heavy atom. The van der Waals surface area contributed by atoms with Crippen LogP contribution in [0.4, 0.5) is 0 Å². The largest absolute Gasteiger partial charge is 0.378 e. The normalized spacial score (nSPS) is 11.8. The Morgan fingerprint density at radius 2 is 2.18 bits per heavy atom. The number of halogens is 2. The molecule has 1 unspecified atom stereocenters. The van der Waals surface area contributed by atoms with Gasteiger partial charge in [0.25, 0.3) is 0 Å². The minimum absolute atomic E-state index is 0. The molecular formula is C10H21Cl2N3OS. The van der Waals surface area contributed by atoms with Gasteiger partial charge >= 0.3 is 0 Å². The Morgan fingerprint density at radius 1 is 1.53 bits per heavy atom. The summed E-state index contributed by atoms with van der Waals surface area (Å²) in [5.74, 6) is 0. The van der Waals surface area contributed by atoms with Crippen LogP contribution in [0.1, 0.15) is 17.6 Å². The molecule has 1 rings (SSSR count). The Kier molecular flexibility index (Phi) is 11.5. The van der Waals surface area contributed by atoms with Gasteiger partial charge in [0.05, 0.1) is 12.3 Å². The lowest BCUT2D eigenvalue weighted by Crippen LogP contribution is -2.34. The zero-order valence-electron chi connectivity index (χ0n) is 10.4. The molecule has 0 saturated heterocycles. The summed E-state index contributed by atoms with van der Waals surface area (Å²) in [7, 11) is 3.75. The fourth-order valence-corrected chi connectivity index (χ4v) is 1.96. The quantitative estimate of drug-likeness (QED) is 0.872. The Labute approximate surface area is 119 Å². The first-order valence-corrected chi connectivity index (χ1v) is 5.87. The van der Waals surface area contributed by atoms with Gasteiger partial charge in [0.15, 0.2) is 0 Å². The molecule has 0 aliphatic heterocycles. The molecule has 0 aliphatic rings. The molecule has 0 aromatic carbocycles. The topological polar surface area (TPSA) is 51.4 Å². The second kappa shape index (κ2) is 10.1. The molecule has 4 nitrogen and oxygen atoms in total. The predicted molar refractivity (Wildman–Crippen MR) is 77.3 cm³/mol. The van der Waals surface area contributed by atoms with Crippen molar-refractivity contribution in [2.45, 2.75) is 26.1 Å². The smallest absolute Gasteiger partial charge is 0.119 e. The van der Waals surface area contributed by atoms with E-state index < -0.39 is 0 Å². The monoisotopic (exact) mass is 301 g/mol. The van der Waals surface area contributed by atoms with Gasteiger partial charge in [-0.1, -0.05) is 0 Å². The number of nitrogens with zero attached hydrogens (tertiary/aromatic N) is 2. The molecule has 0 aliphatic carbocycles. The molecule has 1 aromatic rings. The van der Waals surface area contributed by atoms with Gasteiger partial charge in [-0.25, -0.2) is 4.98 Å². The maximum absolute atomic E-state index is 5.60. The highest BCUT2D eigenvalue weighted by Crippen LogP contribution is 2.12. The highest BCUT2D eigenvalue weighted by atomic mass is 35.5. The number of hydrogen-bond acceptors (Lipinski definition) is 5. The molecule has 0 radical (unpaired) electrons. The van der Waals surface area contributed by atoms with Crippen LogP contribution in [0.5, 0.6) is 0 Å². The molecular weight excluding hydrogens is 281 g/mol. The van der Waals surface area contributed by atoms with Gasteiger partial charge < -0.3 is 10.5 Å². The van der Waals surface area contributed by atoms with Gasteiger partial charge in [-0.2, -0.15) is 0 Å². The molecule has 1 heterocycles. The van der Waals surface area contributed by atoms with Crippen molar-refractivity contribution in [1.29, 1.82) is 0 Å². The van der Waals surface area contributed by atoms with Crippen LogP contribution in [-0.4, -0.2) is 36.6 Å². The molecule has 17 heavy (non-hydrogen) atoms. The molecule has 102 valence electrons. The summed E-state index contributed by atoms with van der Waals surface area (Å²) in [6.07, 6.45) is 0. The van der Waals surface area contributed by atoms with Gasteiger partial charge in [0.1, 0.15) is 5.01 Å². The highest BCUT2D eigenvalue weighted by Gasteiger charge is 2.09. The standard InChI is InChI=1S/C10H19N3OS.2ClH/c1-8(4-11)13(2)5-9-7-15-10(12-9)6-14-3;;/h7-8H,4-6,11H2,1-3H3;2*1H. The number of nitrogens with two attached hydrogens (primary N) is 1. The highest BCUT2D eigenvalue weighted by molar-refractivity contribution is 7.09. The number of likely N-dealkylation sites (N-methyl/N-ethyl adjacent to an activating group) is 1. The summed E-state index contributed by atoms with van der Waals surface area (Å²) in [6, 6.07) is 0.387. The third kappa shape index (κ3) is 6.55. The van der Waals surface area contributed by atoms with Crippen molar-refractivity contribution in [2.24, 2.45) is 5.73 Å². The van der Waals surface area contributed by atoms with Crippen molar-refractivity contribution in [3.05, 3.63) is 16.1 Å². The van der Waals surface area contributed by atoms with Crippen LogP contribution in [-0.2, 0) is 17.9 Å². The van der Waals surface area contributed by atoms with E-state index >= 15 is 0 Å². The molecule has 7 heteroatoms. The maximum Gasteiger partial charge on any atom is 0.119 e. The van der Waals surface area contributed by atoms with Crippen LogP contribution in [0.15, 0.2) is 5.38 Å². The summed E-state index contributed by atoms with van der Waals surface area (Å²) < 4.78 is 5.03. The molecule has 0 fully saturated rings. The van der Waals surface area contributed by atoms with Gasteiger partial charge in [-0.15, -0.1) is 36.2 Å². The summed E-state index contributed by atoms with van der Waals surface area (Å²) in [6.45, 7) is 4.23. The van der Waals surface area contributed by atoms with E-state index in [9.17, 15) is 0 Å². The zero-order chi connectivity index (χ0) is 11.3. The number of hydrogen-bond donors (Lipinski definition) is 1. The van der Waals surface area contributed by atoms with Gasteiger partial charge in [0.2, 0.25) is 0 Å². The molecule has 0 bridgehead atoms. The SMILES string of the molecule is COCc1nc(CN(C)C(C)CN)cs1.Cl.Cl. The summed E-state index contributed by atoms with van der Waals surface area (Å²) in [4.78, 5) is 6.67. The zero-order valence-corrected chi connectivity index (χ0v) is 12.8. The average molecular weight is 302 g/mol. The summed E-state index contributed by atoms with van der Waals surface area (Å²) in [5.41, 5.74) is 6.69. The summed E-state index contributed by atoms with van der Waals surface area (Å²) >= 11 is 1.64. The molecule has 0 saturated carbocycles. The molecule has 2 N–H and O–H groups in total. The Bertz CT molecular complexity index is 299. The summed E-state index contributed by atoms with van der Waals surface area (Å²) in [5, 5.41) is 3.11. The lowest BCUT2D eigenvalue weighted by molar-refractivity contribution is 0.184. The van der Waals surface area contributed by atoms with Crippen LogP contribution in [0.25, 0.3) is 0 Å². The number of ether oxygens (including phenoxy) is 1. The lowest BCUT2D eigenvalue weighted by Gasteiger charge is -2.21. The lowest BCUT2D eigenvalue weighted by atomic mass is 10.3. The second-order valence-electron chi connectivity index (χ2n) is 3.67. The number of thiazole rings is 1. The van der Waals surface area contributed by atoms with Crippen LogP contribution in [0.3, 0.4) is 0 Å². The third-order valence-corrected chi connectivity index (χ3v) is 3.24. The van der Waals surface area contributed by atoms with Crippen LogP contribution < -0.4 is 5.73 Å². The van der Waals surface area contributed by atoms with Crippen molar-refractivity contribution in [3.8, 4) is 0 Å². The second-order valence-corrected chi connectivity index (χ2v) is 4.61. The molecule has 0 spiro atoms. The van der Waals surface area contributed by atoms with Crippen molar-refractivity contribution >= 4 is 36.2 Å². The van der Waals surface area contributed by atoms with Gasteiger partial charge in [-0.05, 0) is 14.0 Å². The predicted octanol–water partition coefficient (Wildman–Crippen LogP) is 1.91. The van der Waals surface area contributed by atoms with Crippen LogP contribution in [0.2, 0.25) is 0 Å². The van der Waals surface area contributed by atoms with Crippen LogP contribution in [0, 0.1) is 0 Å². The van der Waals surface area contributed by atoms with E-state index in [-0.39, 0.29) is 24.8 Å². The van der Waals surface area contributed by atoms with E-state index in [1.54, 1.807) is 18.4 Å². The number of methoxy groups -OCH3 is 1. The molecule has 1 atom stereocenters. The van der Waals surface area contributed by atoms with Gasteiger partial charge in [0, 0.05) is 31.6 Å². The molecule has 1 aromatic heterocycles. The third-order valence-electron chi connectivity index (χ3n) is 2.37. The van der Waals surface area contributed by atoms with E-state index in [1.807, 2.05) is 0 Å². The van der Waals surface area contributed by atoms with Crippen molar-refractivity contribution in [1.82, 2.24) is 9.88 Å². The van der Waals surface area contributed by atoms with Gasteiger partial charge in [-0.3, -0.25) is 4.90 Å². The Balaban J connectivity index is 0.